The van der Waals surface area contributed by atoms with Crippen molar-refractivity contribution in [3.8, 4) is 16.9 Å². The van der Waals surface area contributed by atoms with Gasteiger partial charge in [-0.25, -0.2) is 4.68 Å². The van der Waals surface area contributed by atoms with Crippen LogP contribution in [0.15, 0.2) is 55.0 Å². The molecule has 0 amide bonds. The van der Waals surface area contributed by atoms with Gasteiger partial charge >= 0.3 is 0 Å². The lowest BCUT2D eigenvalue weighted by atomic mass is 10.2. The van der Waals surface area contributed by atoms with E-state index in [4.69, 9.17) is 0 Å². The van der Waals surface area contributed by atoms with Crippen LogP contribution in [0.4, 0.5) is 0 Å². The summed E-state index contributed by atoms with van der Waals surface area (Å²) in [4.78, 5) is 0. The predicted molar refractivity (Wildman–Crippen MR) is 61.1 cm³/mol. The Balaban J connectivity index is 2.14. The highest BCUT2D eigenvalue weighted by Gasteiger charge is 2.07. The highest BCUT2D eigenvalue weighted by molar-refractivity contribution is 5.59. The summed E-state index contributed by atoms with van der Waals surface area (Å²) >= 11 is 0. The Labute approximate surface area is 92.6 Å². The van der Waals surface area contributed by atoms with Gasteiger partial charge in [-0.15, -0.1) is 0 Å². The summed E-state index contributed by atoms with van der Waals surface area (Å²) in [7, 11) is 0. The third-order valence-electron chi connectivity index (χ3n) is 2.44. The Kier molecular flexibility index (Phi) is 2.04. The van der Waals surface area contributed by atoms with E-state index in [1.807, 2.05) is 47.3 Å². The van der Waals surface area contributed by atoms with Crippen LogP contribution in [-0.2, 0) is 0 Å². The summed E-state index contributed by atoms with van der Waals surface area (Å²) in [5.41, 5.74) is 3.10. The van der Waals surface area contributed by atoms with Gasteiger partial charge in [-0.1, -0.05) is 18.2 Å². The standard InChI is InChI=1S/C12H10N4/c1-2-4-11(5-3-1)16-12(6-7-15-16)10-8-13-14-9-10/h1-9H,(H,13,14). The third kappa shape index (κ3) is 1.40. The molecule has 3 aromatic rings. The second-order valence-corrected chi connectivity index (χ2v) is 3.45. The van der Waals surface area contributed by atoms with Crippen molar-refractivity contribution in [1.82, 2.24) is 20.0 Å². The number of nitrogens with one attached hydrogen (secondary N) is 1. The van der Waals surface area contributed by atoms with Gasteiger partial charge in [-0.3, -0.25) is 5.10 Å². The average molecular weight is 210 g/mol. The van der Waals surface area contributed by atoms with Gasteiger partial charge in [-0.05, 0) is 18.2 Å². The number of hydrogen-bond acceptors (Lipinski definition) is 2. The predicted octanol–water partition coefficient (Wildman–Crippen LogP) is 2.26. The van der Waals surface area contributed by atoms with Crippen LogP contribution in [0.3, 0.4) is 0 Å². The van der Waals surface area contributed by atoms with Gasteiger partial charge in [0.05, 0.1) is 23.8 Å². The second-order valence-electron chi connectivity index (χ2n) is 3.45. The van der Waals surface area contributed by atoms with E-state index in [1.54, 1.807) is 12.4 Å². The monoisotopic (exact) mass is 210 g/mol. The molecule has 16 heavy (non-hydrogen) atoms. The first-order valence-corrected chi connectivity index (χ1v) is 5.04. The van der Waals surface area contributed by atoms with Crippen molar-refractivity contribution in [2.45, 2.75) is 0 Å². The smallest absolute Gasteiger partial charge is 0.0772 e. The molecule has 0 aliphatic carbocycles. The molecule has 2 aromatic heterocycles. The van der Waals surface area contributed by atoms with Crippen molar-refractivity contribution in [2.24, 2.45) is 0 Å². The molecule has 1 N–H and O–H groups in total. The van der Waals surface area contributed by atoms with Gasteiger partial charge in [0, 0.05) is 11.8 Å². The zero-order chi connectivity index (χ0) is 10.8. The minimum absolute atomic E-state index is 1.03. The van der Waals surface area contributed by atoms with Crippen LogP contribution in [0.25, 0.3) is 16.9 Å². The Morgan fingerprint density at radius 1 is 1.06 bits per heavy atom. The summed E-state index contributed by atoms with van der Waals surface area (Å²) < 4.78 is 1.89. The van der Waals surface area contributed by atoms with Crippen molar-refractivity contribution in [1.29, 1.82) is 0 Å². The maximum absolute atomic E-state index is 4.32. The number of para-hydroxylation sites is 1. The van der Waals surface area contributed by atoms with E-state index >= 15 is 0 Å². The molecule has 0 atom stereocenters. The molecule has 0 bridgehead atoms. The molecule has 78 valence electrons. The summed E-state index contributed by atoms with van der Waals surface area (Å²) in [5, 5.41) is 11.1. The molecule has 0 aliphatic heterocycles. The van der Waals surface area contributed by atoms with Crippen LogP contribution in [0.1, 0.15) is 0 Å². The highest BCUT2D eigenvalue weighted by atomic mass is 15.3. The topological polar surface area (TPSA) is 46.5 Å². The summed E-state index contributed by atoms with van der Waals surface area (Å²) in [6, 6.07) is 12.0. The fourth-order valence-electron chi connectivity index (χ4n) is 1.69. The van der Waals surface area contributed by atoms with Gasteiger partial charge in [0.1, 0.15) is 0 Å². The zero-order valence-corrected chi connectivity index (χ0v) is 8.54. The lowest BCUT2D eigenvalue weighted by molar-refractivity contribution is 0.888. The Hall–Kier alpha value is -2.36. The molecule has 0 saturated heterocycles. The van der Waals surface area contributed by atoms with Crippen LogP contribution in [0.2, 0.25) is 0 Å². The number of hydrogen-bond donors (Lipinski definition) is 1. The van der Waals surface area contributed by atoms with Crippen molar-refractivity contribution in [3.63, 3.8) is 0 Å². The SMILES string of the molecule is c1ccc(-n2nccc2-c2cn[nH]c2)cc1. The third-order valence-corrected chi connectivity index (χ3v) is 2.44. The molecular formula is C12H10N4. The summed E-state index contributed by atoms with van der Waals surface area (Å²) in [5.74, 6) is 0. The molecule has 0 saturated carbocycles. The normalized spacial score (nSPS) is 10.5. The highest BCUT2D eigenvalue weighted by Crippen LogP contribution is 2.20. The van der Waals surface area contributed by atoms with Crippen LogP contribution < -0.4 is 0 Å². The summed E-state index contributed by atoms with van der Waals surface area (Å²) in [6.07, 6.45) is 5.43. The molecule has 1 aromatic carbocycles. The molecule has 2 heterocycles. The largest absolute Gasteiger partial charge is 0.285 e. The number of H-pyrrole nitrogens is 1. The fourth-order valence-corrected chi connectivity index (χ4v) is 1.69. The van der Waals surface area contributed by atoms with E-state index in [0.29, 0.717) is 0 Å². The quantitative estimate of drug-likeness (QED) is 0.705. The Morgan fingerprint density at radius 3 is 2.69 bits per heavy atom. The van der Waals surface area contributed by atoms with Crippen molar-refractivity contribution in [2.75, 3.05) is 0 Å². The van der Waals surface area contributed by atoms with E-state index in [2.05, 4.69) is 15.3 Å². The number of benzene rings is 1. The van der Waals surface area contributed by atoms with E-state index in [9.17, 15) is 0 Å². The molecule has 4 nitrogen and oxygen atoms in total. The van der Waals surface area contributed by atoms with Gasteiger partial charge in [0.15, 0.2) is 0 Å². The number of rotatable bonds is 2. The number of aromatic amines is 1. The first kappa shape index (κ1) is 8.91. The number of nitrogens with zero attached hydrogens (tertiary/aromatic N) is 3. The zero-order valence-electron chi connectivity index (χ0n) is 8.54. The first-order valence-electron chi connectivity index (χ1n) is 5.04. The molecule has 0 radical (unpaired) electrons. The van der Waals surface area contributed by atoms with Crippen LogP contribution in [0.5, 0.6) is 0 Å². The van der Waals surface area contributed by atoms with Crippen molar-refractivity contribution < 1.29 is 0 Å². The molecular weight excluding hydrogens is 200 g/mol. The van der Waals surface area contributed by atoms with Crippen LogP contribution >= 0.6 is 0 Å². The minimum Gasteiger partial charge on any atom is -0.285 e. The van der Waals surface area contributed by atoms with Gasteiger partial charge < -0.3 is 0 Å². The maximum atomic E-state index is 4.32. The number of aromatic nitrogens is 4. The van der Waals surface area contributed by atoms with Crippen LogP contribution in [0, 0.1) is 0 Å². The molecule has 0 unspecified atom stereocenters. The molecule has 4 heteroatoms. The van der Waals surface area contributed by atoms with Crippen molar-refractivity contribution in [3.05, 3.63) is 55.0 Å². The fraction of sp³-hybridized carbons (Fsp3) is 0. The molecule has 0 spiro atoms. The van der Waals surface area contributed by atoms with E-state index in [0.717, 1.165) is 16.9 Å². The Morgan fingerprint density at radius 2 is 1.94 bits per heavy atom. The lowest BCUT2D eigenvalue weighted by Gasteiger charge is -2.04. The van der Waals surface area contributed by atoms with Gasteiger partial charge in [0.2, 0.25) is 0 Å². The van der Waals surface area contributed by atoms with Gasteiger partial charge in [0.25, 0.3) is 0 Å². The van der Waals surface area contributed by atoms with Gasteiger partial charge in [-0.2, -0.15) is 10.2 Å². The van der Waals surface area contributed by atoms with Crippen LogP contribution in [-0.4, -0.2) is 20.0 Å². The average Bonchev–Trinajstić information content (AvgIpc) is 3.01. The second kappa shape index (κ2) is 3.66. The summed E-state index contributed by atoms with van der Waals surface area (Å²) in [6.45, 7) is 0. The minimum atomic E-state index is 1.03. The molecule has 0 aliphatic rings. The van der Waals surface area contributed by atoms with Crippen molar-refractivity contribution >= 4 is 0 Å². The van der Waals surface area contributed by atoms with E-state index < -0.39 is 0 Å². The Bertz CT molecular complexity index is 566. The first-order chi connectivity index (χ1) is 7.95. The van der Waals surface area contributed by atoms with E-state index in [-0.39, 0.29) is 0 Å². The molecule has 0 fully saturated rings. The van der Waals surface area contributed by atoms with E-state index in [1.165, 1.54) is 0 Å². The maximum Gasteiger partial charge on any atom is 0.0772 e. The lowest BCUT2D eigenvalue weighted by Crippen LogP contribution is -1.97. The molecule has 3 rings (SSSR count).